The third-order valence-corrected chi connectivity index (χ3v) is 11.4. The molecule has 5 fully saturated rings. The van der Waals surface area contributed by atoms with Gasteiger partial charge < -0.3 is 25.5 Å². The number of aliphatic hydroxyl groups excluding tert-OH is 1. The van der Waals surface area contributed by atoms with E-state index in [1.54, 1.807) is 4.52 Å². The number of imidazole rings is 2. The Morgan fingerprint density at radius 2 is 1.15 bits per heavy atom. The fourth-order valence-electron chi connectivity index (χ4n) is 7.58. The van der Waals surface area contributed by atoms with Gasteiger partial charge in [0.05, 0.1) is 19.0 Å². The van der Waals surface area contributed by atoms with Crippen molar-refractivity contribution in [1.29, 1.82) is 0 Å². The zero-order valence-electron chi connectivity index (χ0n) is 34.5. The first-order valence-corrected chi connectivity index (χ1v) is 20.6. The molecule has 0 atom stereocenters. The summed E-state index contributed by atoms with van der Waals surface area (Å²) in [7, 11) is 0. The van der Waals surface area contributed by atoms with Crippen molar-refractivity contribution in [2.45, 2.75) is 114 Å². The Hall–Kier alpha value is -2.65. The third-order valence-electron chi connectivity index (χ3n) is 11.2. The van der Waals surface area contributed by atoms with Crippen molar-refractivity contribution >= 4 is 22.6 Å². The van der Waals surface area contributed by atoms with E-state index in [0.717, 1.165) is 63.8 Å². The van der Waals surface area contributed by atoms with Crippen LogP contribution in [0.4, 0.5) is 17.6 Å². The molecule has 2 aliphatic carbocycles. The van der Waals surface area contributed by atoms with Gasteiger partial charge in [0.25, 0.3) is 11.1 Å². The van der Waals surface area contributed by atoms with Crippen LogP contribution in [0.2, 0.25) is 5.28 Å². The summed E-state index contributed by atoms with van der Waals surface area (Å²) in [4.78, 5) is 37.6. The van der Waals surface area contributed by atoms with Gasteiger partial charge in [-0.2, -0.15) is 0 Å². The van der Waals surface area contributed by atoms with E-state index in [2.05, 4.69) is 30.1 Å². The molecule has 3 saturated heterocycles. The van der Waals surface area contributed by atoms with Crippen molar-refractivity contribution < 1.29 is 72.6 Å². The second-order valence-corrected chi connectivity index (χ2v) is 15.9. The number of fused-ring (bicyclic) bond motifs is 2. The average Bonchev–Trinajstić information content (AvgIpc) is 4.02. The molecule has 0 unspecified atom stereocenters. The smallest absolute Gasteiger partial charge is 1.00 e. The monoisotopic (exact) mass is 868 g/mol. The van der Waals surface area contributed by atoms with Crippen LogP contribution >= 0.6 is 11.6 Å². The minimum atomic E-state index is -2.56. The average molecular weight is 869 g/mol. The molecule has 3 aliphatic heterocycles. The molecular weight excluding hydrogens is 815 g/mol. The molecule has 0 bridgehead atoms. The Morgan fingerprint density at radius 1 is 0.712 bits per heavy atom. The van der Waals surface area contributed by atoms with Gasteiger partial charge in [-0.3, -0.25) is 19.6 Å². The van der Waals surface area contributed by atoms with Crippen molar-refractivity contribution in [2.75, 3.05) is 52.9 Å². The fraction of sp³-hybridized carbons (Fsp3) is 0.737. The maximum absolute atomic E-state index is 13.2. The molecule has 59 heavy (non-hydrogen) atoms. The second-order valence-electron chi connectivity index (χ2n) is 15.5. The minimum absolute atomic E-state index is 0. The summed E-state index contributed by atoms with van der Waals surface area (Å²) in [5.74, 6) is -2.85. The molecule has 324 valence electrons. The van der Waals surface area contributed by atoms with Crippen molar-refractivity contribution in [1.82, 2.24) is 39.2 Å². The molecule has 0 amide bonds. The zero-order valence-corrected chi connectivity index (χ0v) is 36.2. The molecule has 4 aromatic rings. The quantitative estimate of drug-likeness (QED) is 0.191. The normalized spacial score (nSPS) is 21.3. The van der Waals surface area contributed by atoms with Crippen LogP contribution in [-0.2, 0) is 14.2 Å². The van der Waals surface area contributed by atoms with Crippen molar-refractivity contribution in [3.63, 3.8) is 0 Å². The molecular formula is C38H54ClF4N8NaO7. The first-order valence-electron chi connectivity index (χ1n) is 20.3. The molecule has 2 saturated carbocycles. The van der Waals surface area contributed by atoms with Gasteiger partial charge in [-0.05, 0) is 87.6 Å². The molecule has 0 radical (unpaired) electrons. The SMILES string of the molecule is C1CCOC1.O=c1[nH]c(Cl)nn2c(C3CCOCC3)ncc12.O=c1[nH]c(OCC2CCC(F)(F)CC2)nn2c(C3CCOCC3)ncc12.OCC1CCC(F)(F)CC1.[H-].[Na+]. The van der Waals surface area contributed by atoms with Crippen molar-refractivity contribution in [2.24, 2.45) is 11.8 Å². The second kappa shape index (κ2) is 22.4. The van der Waals surface area contributed by atoms with Crippen LogP contribution in [-0.4, -0.2) is 109 Å². The molecule has 21 heteroatoms. The third kappa shape index (κ3) is 13.7. The molecule has 0 spiro atoms. The Balaban J connectivity index is 0.000000200. The Bertz CT molecular complexity index is 2000. The summed E-state index contributed by atoms with van der Waals surface area (Å²) in [5, 5.41) is 17.2. The molecule has 9 rings (SSSR count). The first kappa shape index (κ1) is 47.4. The van der Waals surface area contributed by atoms with E-state index in [4.69, 9.17) is 35.7 Å². The summed E-state index contributed by atoms with van der Waals surface area (Å²) < 4.78 is 75.7. The van der Waals surface area contributed by atoms with E-state index in [-0.39, 0.29) is 116 Å². The number of aromatic nitrogens is 8. The van der Waals surface area contributed by atoms with Gasteiger partial charge >= 0.3 is 35.6 Å². The number of H-pyrrole nitrogens is 2. The van der Waals surface area contributed by atoms with Gasteiger partial charge in [0.1, 0.15) is 11.6 Å². The Morgan fingerprint density at radius 3 is 1.61 bits per heavy atom. The fourth-order valence-corrected chi connectivity index (χ4v) is 7.74. The molecule has 0 aromatic carbocycles. The van der Waals surface area contributed by atoms with Crippen LogP contribution < -0.4 is 45.4 Å². The van der Waals surface area contributed by atoms with E-state index in [9.17, 15) is 27.2 Å². The minimum Gasteiger partial charge on any atom is -1.00 e. The number of nitrogens with one attached hydrogen (secondary N) is 2. The molecule has 5 aliphatic rings. The predicted molar refractivity (Wildman–Crippen MR) is 205 cm³/mol. The summed E-state index contributed by atoms with van der Waals surface area (Å²) in [6.07, 6.45) is 10.5. The number of ether oxygens (including phenoxy) is 4. The number of aromatic amines is 2. The van der Waals surface area contributed by atoms with Crippen LogP contribution in [0.3, 0.4) is 0 Å². The number of hydrogen-bond donors (Lipinski definition) is 3. The van der Waals surface area contributed by atoms with Gasteiger partial charge in [-0.25, -0.2) is 36.6 Å². The van der Waals surface area contributed by atoms with E-state index >= 15 is 0 Å². The predicted octanol–water partition coefficient (Wildman–Crippen LogP) is 3.20. The summed E-state index contributed by atoms with van der Waals surface area (Å²) in [6.45, 7) is 5.10. The van der Waals surface area contributed by atoms with Gasteiger partial charge in [-0.15, -0.1) is 10.2 Å². The van der Waals surface area contributed by atoms with Crippen molar-refractivity contribution in [3.8, 4) is 6.01 Å². The van der Waals surface area contributed by atoms with E-state index in [1.807, 2.05) is 0 Å². The van der Waals surface area contributed by atoms with Gasteiger partial charge in [0.2, 0.25) is 17.1 Å². The Kier molecular flexibility index (Phi) is 18.0. The van der Waals surface area contributed by atoms with Gasteiger partial charge in [0.15, 0.2) is 11.0 Å². The Labute approximate surface area is 367 Å². The summed E-state index contributed by atoms with van der Waals surface area (Å²) in [5.41, 5.74) is 0.207. The molecule has 4 aromatic heterocycles. The number of rotatable bonds is 6. The maximum Gasteiger partial charge on any atom is 1.00 e. The molecule has 15 nitrogen and oxygen atoms in total. The topological polar surface area (TPSA) is 183 Å². The largest absolute Gasteiger partial charge is 1.00 e. The summed E-state index contributed by atoms with van der Waals surface area (Å²) in [6, 6.07) is 0.103. The number of alkyl halides is 4. The van der Waals surface area contributed by atoms with E-state index in [1.165, 1.54) is 29.8 Å². The number of nitrogens with zero attached hydrogens (tertiary/aromatic N) is 6. The molecule has 3 N–H and O–H groups in total. The van der Waals surface area contributed by atoms with E-state index < -0.39 is 11.8 Å². The van der Waals surface area contributed by atoms with Crippen LogP contribution in [0.25, 0.3) is 11.0 Å². The van der Waals surface area contributed by atoms with Crippen LogP contribution in [0, 0.1) is 11.8 Å². The first-order chi connectivity index (χ1) is 27.9. The summed E-state index contributed by atoms with van der Waals surface area (Å²) >= 11 is 5.75. The van der Waals surface area contributed by atoms with Crippen molar-refractivity contribution in [3.05, 3.63) is 50.0 Å². The number of hydrogen-bond acceptors (Lipinski definition) is 11. The molecule has 7 heterocycles. The number of halogens is 5. The van der Waals surface area contributed by atoms with Gasteiger partial charge in [-0.1, -0.05) is 0 Å². The zero-order chi connectivity index (χ0) is 41.1. The van der Waals surface area contributed by atoms with Gasteiger partial charge in [0, 0.05) is 83.8 Å². The van der Waals surface area contributed by atoms with Crippen LogP contribution in [0.15, 0.2) is 22.0 Å². The van der Waals surface area contributed by atoms with Crippen LogP contribution in [0.5, 0.6) is 6.01 Å². The number of aliphatic hydroxyl groups is 1. The maximum atomic E-state index is 13.2. The van der Waals surface area contributed by atoms with Crippen LogP contribution in [0.1, 0.15) is 115 Å². The van der Waals surface area contributed by atoms with E-state index in [0.29, 0.717) is 49.9 Å². The standard InChI is InChI=1S/C17H22F2N4O3.C10H11ClN4O2.C7H12F2O.C4H8O.Na.H/c18-17(19)5-1-11(2-6-17)10-26-16-21-15(24)13-9-20-14(23(13)22-16)12-3-7-25-8-4-12;11-10-13-9(16)7-5-12-8(15(7)14-10)6-1-3-17-4-2-6;8-7(9)3-1-6(5-10)2-4-7;1-2-4-5-3-1;;/h9,11-12H,1-8,10H2,(H,21,22,24);5-6H,1-4H2,(H,13,14,16);6,10H,1-5H2;1-4H2;;/q;;;;+1;-1.